The van der Waals surface area contributed by atoms with Crippen molar-refractivity contribution in [3.05, 3.63) is 0 Å². The van der Waals surface area contributed by atoms with E-state index in [0.29, 0.717) is 12.5 Å². The highest BCUT2D eigenvalue weighted by molar-refractivity contribution is 4.89. The molecule has 19 heavy (non-hydrogen) atoms. The van der Waals surface area contributed by atoms with Gasteiger partial charge in [-0.05, 0) is 37.8 Å². The van der Waals surface area contributed by atoms with Crippen molar-refractivity contribution in [1.82, 2.24) is 10.2 Å². The molecule has 0 amide bonds. The predicted octanol–water partition coefficient (Wildman–Crippen LogP) is 3.29. The van der Waals surface area contributed by atoms with Crippen molar-refractivity contribution >= 4 is 0 Å². The van der Waals surface area contributed by atoms with Crippen molar-refractivity contribution in [3.8, 4) is 0 Å². The van der Waals surface area contributed by atoms with E-state index in [1.54, 1.807) is 7.05 Å². The van der Waals surface area contributed by atoms with Crippen LogP contribution in [0, 0.1) is 11.3 Å². The van der Waals surface area contributed by atoms with E-state index in [1.165, 1.54) is 11.3 Å². The predicted molar refractivity (Wildman–Crippen MR) is 72.2 cm³/mol. The molecule has 0 radical (unpaired) electrons. The Morgan fingerprint density at radius 1 is 1.37 bits per heavy atom. The summed E-state index contributed by atoms with van der Waals surface area (Å²) < 4.78 is 37.4. The third-order valence-electron chi connectivity index (χ3n) is 3.99. The maximum absolute atomic E-state index is 12.5. The Morgan fingerprint density at radius 3 is 2.58 bits per heavy atom. The summed E-state index contributed by atoms with van der Waals surface area (Å²) in [6.45, 7) is 5.68. The minimum Gasteiger partial charge on any atom is -0.316 e. The highest BCUT2D eigenvalue weighted by Crippen LogP contribution is 2.39. The van der Waals surface area contributed by atoms with Gasteiger partial charge in [-0.15, -0.1) is 0 Å². The number of nitrogens with zero attached hydrogens (tertiary/aromatic N) is 1. The topological polar surface area (TPSA) is 15.3 Å². The van der Waals surface area contributed by atoms with E-state index < -0.39 is 12.7 Å². The third kappa shape index (κ3) is 6.13. The van der Waals surface area contributed by atoms with Crippen molar-refractivity contribution in [3.63, 3.8) is 0 Å². The summed E-state index contributed by atoms with van der Waals surface area (Å²) in [5.41, 5.74) is 0.00762. The van der Waals surface area contributed by atoms with E-state index in [9.17, 15) is 13.2 Å². The highest BCUT2D eigenvalue weighted by atomic mass is 19.4. The SMILES string of the molecule is CCNCC1(CN(C)CC(F)(F)F)CCCC(C)C1. The van der Waals surface area contributed by atoms with Crippen molar-refractivity contribution in [1.29, 1.82) is 0 Å². The number of nitrogens with one attached hydrogen (secondary N) is 1. The standard InChI is InChI=1S/C14H27F3N2/c1-4-18-9-13(7-5-6-12(2)8-13)10-19(3)11-14(15,16)17/h12,18H,4-11H2,1-3H3. The molecule has 0 spiro atoms. The normalized spacial score (nSPS) is 28.9. The lowest BCUT2D eigenvalue weighted by Crippen LogP contribution is -2.47. The van der Waals surface area contributed by atoms with Crippen LogP contribution in [0.2, 0.25) is 0 Å². The van der Waals surface area contributed by atoms with Crippen LogP contribution in [0.1, 0.15) is 39.5 Å². The van der Waals surface area contributed by atoms with Crippen LogP contribution in [0.3, 0.4) is 0 Å². The smallest absolute Gasteiger partial charge is 0.316 e. The van der Waals surface area contributed by atoms with Crippen molar-refractivity contribution in [2.45, 2.75) is 45.7 Å². The lowest BCUT2D eigenvalue weighted by atomic mass is 9.69. The maximum Gasteiger partial charge on any atom is 0.401 e. The van der Waals surface area contributed by atoms with Crippen molar-refractivity contribution in [2.24, 2.45) is 11.3 Å². The zero-order valence-electron chi connectivity index (χ0n) is 12.3. The van der Waals surface area contributed by atoms with Gasteiger partial charge in [0.25, 0.3) is 0 Å². The molecule has 0 bridgehead atoms. The summed E-state index contributed by atoms with van der Waals surface area (Å²) in [6.07, 6.45) is 0.298. The summed E-state index contributed by atoms with van der Waals surface area (Å²) in [6, 6.07) is 0. The second-order valence-electron chi connectivity index (χ2n) is 6.27. The number of hydrogen-bond donors (Lipinski definition) is 1. The van der Waals surface area contributed by atoms with Gasteiger partial charge in [-0.1, -0.05) is 26.7 Å². The molecule has 114 valence electrons. The molecule has 0 heterocycles. The Kier molecular flexibility index (Phi) is 6.12. The minimum atomic E-state index is -4.10. The van der Waals surface area contributed by atoms with Crippen molar-refractivity contribution in [2.75, 3.05) is 33.2 Å². The van der Waals surface area contributed by atoms with E-state index in [0.717, 1.165) is 32.4 Å². The largest absolute Gasteiger partial charge is 0.401 e. The van der Waals surface area contributed by atoms with E-state index >= 15 is 0 Å². The van der Waals surface area contributed by atoms with Crippen LogP contribution in [-0.2, 0) is 0 Å². The molecule has 1 saturated carbocycles. The maximum atomic E-state index is 12.5. The molecule has 1 fully saturated rings. The van der Waals surface area contributed by atoms with Gasteiger partial charge in [0, 0.05) is 13.1 Å². The zero-order chi connectivity index (χ0) is 14.5. The molecule has 5 heteroatoms. The quantitative estimate of drug-likeness (QED) is 0.803. The van der Waals surface area contributed by atoms with Crippen LogP contribution in [0.25, 0.3) is 0 Å². The molecule has 1 rings (SSSR count). The molecule has 1 aliphatic rings. The average molecular weight is 280 g/mol. The van der Waals surface area contributed by atoms with Crippen LogP contribution < -0.4 is 5.32 Å². The first kappa shape index (κ1) is 16.8. The summed E-state index contributed by atoms with van der Waals surface area (Å²) in [7, 11) is 1.58. The lowest BCUT2D eigenvalue weighted by Gasteiger charge is -2.43. The first-order valence-corrected chi connectivity index (χ1v) is 7.22. The molecule has 0 saturated heterocycles. The molecular weight excluding hydrogens is 253 g/mol. The van der Waals surface area contributed by atoms with E-state index in [4.69, 9.17) is 0 Å². The van der Waals surface area contributed by atoms with Crippen LogP contribution in [-0.4, -0.2) is 44.3 Å². The summed E-state index contributed by atoms with van der Waals surface area (Å²) >= 11 is 0. The molecule has 0 aliphatic heterocycles. The van der Waals surface area contributed by atoms with E-state index in [2.05, 4.69) is 12.2 Å². The Balaban J connectivity index is 2.63. The van der Waals surface area contributed by atoms with Gasteiger partial charge in [-0.2, -0.15) is 13.2 Å². The third-order valence-corrected chi connectivity index (χ3v) is 3.99. The van der Waals surface area contributed by atoms with Gasteiger partial charge in [-0.25, -0.2) is 0 Å². The lowest BCUT2D eigenvalue weighted by molar-refractivity contribution is -0.146. The fraction of sp³-hybridized carbons (Fsp3) is 1.00. The molecule has 2 nitrogen and oxygen atoms in total. The first-order valence-electron chi connectivity index (χ1n) is 7.22. The van der Waals surface area contributed by atoms with Gasteiger partial charge in [-0.3, -0.25) is 4.90 Å². The molecule has 1 aliphatic carbocycles. The number of alkyl halides is 3. The molecule has 0 aromatic carbocycles. The molecule has 2 unspecified atom stereocenters. The van der Waals surface area contributed by atoms with Gasteiger partial charge >= 0.3 is 6.18 Å². The second-order valence-corrected chi connectivity index (χ2v) is 6.27. The Bertz CT molecular complexity index is 268. The van der Waals surface area contributed by atoms with Gasteiger partial charge in [0.2, 0.25) is 0 Å². The molecule has 0 aromatic heterocycles. The molecular formula is C14H27F3N2. The summed E-state index contributed by atoms with van der Waals surface area (Å²) in [4.78, 5) is 1.44. The van der Waals surface area contributed by atoms with Gasteiger partial charge in [0.1, 0.15) is 0 Å². The number of hydrogen-bond acceptors (Lipinski definition) is 2. The number of rotatable bonds is 6. The van der Waals surface area contributed by atoms with Gasteiger partial charge in [0.05, 0.1) is 6.54 Å². The first-order chi connectivity index (χ1) is 8.76. The fourth-order valence-corrected chi connectivity index (χ4v) is 3.45. The van der Waals surface area contributed by atoms with Crippen molar-refractivity contribution < 1.29 is 13.2 Å². The van der Waals surface area contributed by atoms with E-state index in [1.807, 2.05) is 6.92 Å². The van der Waals surface area contributed by atoms with Gasteiger partial charge < -0.3 is 5.32 Å². The van der Waals surface area contributed by atoms with Crippen LogP contribution in [0.4, 0.5) is 13.2 Å². The molecule has 0 aromatic rings. The summed E-state index contributed by atoms with van der Waals surface area (Å²) in [5.74, 6) is 0.617. The van der Waals surface area contributed by atoms with Crippen LogP contribution in [0.15, 0.2) is 0 Å². The van der Waals surface area contributed by atoms with Crippen LogP contribution in [0.5, 0.6) is 0 Å². The van der Waals surface area contributed by atoms with Crippen LogP contribution >= 0.6 is 0 Å². The summed E-state index contributed by atoms with van der Waals surface area (Å²) in [5, 5.41) is 3.34. The molecule has 2 atom stereocenters. The number of halogens is 3. The second kappa shape index (κ2) is 6.93. The highest BCUT2D eigenvalue weighted by Gasteiger charge is 2.38. The Morgan fingerprint density at radius 2 is 2.05 bits per heavy atom. The fourth-order valence-electron chi connectivity index (χ4n) is 3.45. The minimum absolute atomic E-state index is 0.00762. The monoisotopic (exact) mass is 280 g/mol. The Hall–Kier alpha value is -0.290. The zero-order valence-corrected chi connectivity index (χ0v) is 12.3. The molecule has 1 N–H and O–H groups in total. The average Bonchev–Trinajstić information content (AvgIpc) is 2.23. The van der Waals surface area contributed by atoms with E-state index in [-0.39, 0.29) is 5.41 Å². The Labute approximate surface area is 114 Å². The van der Waals surface area contributed by atoms with Gasteiger partial charge in [0.15, 0.2) is 0 Å².